The number of hydrogen-bond acceptors (Lipinski definition) is 2. The minimum Gasteiger partial charge on any atom is -0.240 e. The fourth-order valence-corrected chi connectivity index (χ4v) is 0.841. The van der Waals surface area contributed by atoms with Gasteiger partial charge in [0.15, 0.2) is 0 Å². The lowest BCUT2D eigenvalue weighted by Crippen LogP contribution is -1.85. The van der Waals surface area contributed by atoms with Crippen LogP contribution in [-0.2, 0) is 9.78 Å². The molecule has 0 aliphatic carbocycles. The van der Waals surface area contributed by atoms with Crippen LogP contribution in [0.2, 0.25) is 5.02 Å². The second kappa shape index (κ2) is 9.46. The molecule has 0 fully saturated rings. The predicted octanol–water partition coefficient (Wildman–Crippen LogP) is 3.73. The third-order valence-corrected chi connectivity index (χ3v) is 1.66. The van der Waals surface area contributed by atoms with E-state index in [9.17, 15) is 0 Å². The van der Waals surface area contributed by atoms with Gasteiger partial charge in [-0.05, 0) is 17.7 Å². The van der Waals surface area contributed by atoms with E-state index in [0.717, 1.165) is 10.6 Å². The molecule has 1 aromatic rings. The Labute approximate surface area is 95.7 Å². The maximum atomic E-state index is 5.63. The summed E-state index contributed by atoms with van der Waals surface area (Å²) < 4.78 is 0. The Hall–Kier alpha value is -1.09. The van der Waals surface area contributed by atoms with Crippen molar-refractivity contribution in [3.8, 4) is 0 Å². The first-order chi connectivity index (χ1) is 7.24. The molecular weight excluding hydrogens is 212 g/mol. The van der Waals surface area contributed by atoms with Gasteiger partial charge in [-0.2, -0.15) is 0 Å². The van der Waals surface area contributed by atoms with Crippen LogP contribution in [0.1, 0.15) is 5.56 Å². The highest BCUT2D eigenvalue weighted by Crippen LogP contribution is 2.09. The third-order valence-electron chi connectivity index (χ3n) is 1.41. The van der Waals surface area contributed by atoms with Gasteiger partial charge >= 0.3 is 0 Å². The molecule has 0 amide bonds. The summed E-state index contributed by atoms with van der Waals surface area (Å²) in [7, 11) is 1.46. The molecule has 0 aliphatic heterocycles. The molecule has 82 valence electrons. The molecule has 0 aromatic heterocycles. The van der Waals surface area contributed by atoms with Crippen LogP contribution in [0.15, 0.2) is 43.5 Å². The van der Waals surface area contributed by atoms with Gasteiger partial charge in [0.25, 0.3) is 0 Å². The van der Waals surface area contributed by atoms with Crippen molar-refractivity contribution in [3.63, 3.8) is 0 Å². The molecular formula is C12H15ClO2. The Bertz CT molecular complexity index is 280. The molecule has 0 atom stereocenters. The topological polar surface area (TPSA) is 18.5 Å². The summed E-state index contributed by atoms with van der Waals surface area (Å²) in [6, 6.07) is 7.54. The van der Waals surface area contributed by atoms with Crippen molar-refractivity contribution in [1.29, 1.82) is 0 Å². The van der Waals surface area contributed by atoms with Crippen LogP contribution in [0.5, 0.6) is 0 Å². The van der Waals surface area contributed by atoms with Gasteiger partial charge in [0, 0.05) is 5.02 Å². The Balaban J connectivity index is 0.000000288. The van der Waals surface area contributed by atoms with Gasteiger partial charge in [-0.1, -0.05) is 42.5 Å². The molecule has 1 rings (SSSR count). The summed E-state index contributed by atoms with van der Waals surface area (Å²) in [5.74, 6) is 0. The summed E-state index contributed by atoms with van der Waals surface area (Å²) in [6.45, 7) is 7.47. The minimum atomic E-state index is 0.455. The first kappa shape index (κ1) is 13.9. The summed E-state index contributed by atoms with van der Waals surface area (Å²) >= 11 is 5.63. The van der Waals surface area contributed by atoms with Gasteiger partial charge < -0.3 is 0 Å². The smallest absolute Gasteiger partial charge is 0.100 e. The van der Waals surface area contributed by atoms with E-state index in [-0.39, 0.29) is 0 Å². The van der Waals surface area contributed by atoms with E-state index >= 15 is 0 Å². The summed E-state index contributed by atoms with van der Waals surface area (Å²) in [5, 5.41) is 0.764. The maximum absolute atomic E-state index is 5.63. The molecule has 0 unspecified atom stereocenters. The number of halogens is 1. The molecule has 0 saturated carbocycles. The Kier molecular flexibility index (Phi) is 8.78. The zero-order valence-corrected chi connectivity index (χ0v) is 9.54. The molecule has 0 saturated heterocycles. The van der Waals surface area contributed by atoms with Crippen molar-refractivity contribution in [3.05, 3.63) is 54.1 Å². The van der Waals surface area contributed by atoms with Crippen molar-refractivity contribution < 1.29 is 9.78 Å². The fraction of sp³-hybridized carbons (Fsp3) is 0.167. The average Bonchev–Trinajstić information content (AvgIpc) is 2.28. The highest BCUT2D eigenvalue weighted by molar-refractivity contribution is 6.30. The molecule has 0 aliphatic rings. The Morgan fingerprint density at radius 3 is 2.20 bits per heavy atom. The highest BCUT2D eigenvalue weighted by atomic mass is 35.5. The van der Waals surface area contributed by atoms with E-state index in [1.165, 1.54) is 7.11 Å². The van der Waals surface area contributed by atoms with Crippen molar-refractivity contribution >= 4 is 17.7 Å². The van der Waals surface area contributed by atoms with Crippen LogP contribution in [0.3, 0.4) is 0 Å². The number of rotatable bonds is 4. The third kappa shape index (κ3) is 7.94. The van der Waals surface area contributed by atoms with E-state index < -0.39 is 0 Å². The van der Waals surface area contributed by atoms with Crippen LogP contribution in [0, 0.1) is 0 Å². The van der Waals surface area contributed by atoms with Gasteiger partial charge in [-0.3, -0.25) is 0 Å². The molecule has 2 nitrogen and oxygen atoms in total. The molecule has 3 heteroatoms. The van der Waals surface area contributed by atoms with E-state index in [1.807, 2.05) is 24.3 Å². The lowest BCUT2D eigenvalue weighted by molar-refractivity contribution is -0.263. The molecule has 1 aromatic carbocycles. The predicted molar refractivity (Wildman–Crippen MR) is 64.7 cm³/mol. The monoisotopic (exact) mass is 226 g/mol. The van der Waals surface area contributed by atoms with Crippen LogP contribution in [0.25, 0.3) is 6.08 Å². The van der Waals surface area contributed by atoms with E-state index in [4.69, 9.17) is 11.6 Å². The quantitative estimate of drug-likeness (QED) is 0.337. The molecule has 0 heterocycles. The number of hydrogen-bond donors (Lipinski definition) is 0. The van der Waals surface area contributed by atoms with Crippen LogP contribution in [0.4, 0.5) is 0 Å². The van der Waals surface area contributed by atoms with E-state index in [2.05, 4.69) is 22.9 Å². The Morgan fingerprint density at radius 1 is 1.27 bits per heavy atom. The SMILES string of the molecule is C=CCOOC.C=Cc1ccc(Cl)cc1. The van der Waals surface area contributed by atoms with Crippen molar-refractivity contribution in [2.45, 2.75) is 0 Å². The Morgan fingerprint density at radius 2 is 1.87 bits per heavy atom. The fourth-order valence-electron chi connectivity index (χ4n) is 0.715. The molecule has 0 N–H and O–H groups in total. The van der Waals surface area contributed by atoms with Gasteiger partial charge in [0.2, 0.25) is 0 Å². The summed E-state index contributed by atoms with van der Waals surface area (Å²) in [4.78, 5) is 8.58. The molecule has 15 heavy (non-hydrogen) atoms. The van der Waals surface area contributed by atoms with Gasteiger partial charge in [-0.15, -0.1) is 6.58 Å². The van der Waals surface area contributed by atoms with Crippen LogP contribution in [-0.4, -0.2) is 13.7 Å². The zero-order valence-electron chi connectivity index (χ0n) is 8.78. The standard InChI is InChI=1S/C8H7Cl.C4H8O2/c1-2-7-3-5-8(9)6-4-7;1-3-4-6-5-2/h2-6H,1H2;3H,1,4H2,2H3. The average molecular weight is 227 g/mol. The lowest BCUT2D eigenvalue weighted by Gasteiger charge is -1.89. The van der Waals surface area contributed by atoms with Crippen LogP contribution < -0.4 is 0 Å². The molecule has 0 radical (unpaired) electrons. The summed E-state index contributed by atoms with van der Waals surface area (Å²) in [6.07, 6.45) is 3.40. The first-order valence-corrected chi connectivity index (χ1v) is 4.77. The second-order valence-corrected chi connectivity index (χ2v) is 2.93. The molecule has 0 bridgehead atoms. The van der Waals surface area contributed by atoms with Crippen LogP contribution >= 0.6 is 11.6 Å². The van der Waals surface area contributed by atoms with Crippen molar-refractivity contribution in [1.82, 2.24) is 0 Å². The zero-order chi connectivity index (χ0) is 11.5. The minimum absolute atomic E-state index is 0.455. The lowest BCUT2D eigenvalue weighted by atomic mass is 10.2. The van der Waals surface area contributed by atoms with Gasteiger partial charge in [0.05, 0.1) is 7.11 Å². The highest BCUT2D eigenvalue weighted by Gasteiger charge is 1.84. The van der Waals surface area contributed by atoms with E-state index in [1.54, 1.807) is 12.2 Å². The largest absolute Gasteiger partial charge is 0.240 e. The normalized spacial score (nSPS) is 8.67. The van der Waals surface area contributed by atoms with E-state index in [0.29, 0.717) is 6.61 Å². The van der Waals surface area contributed by atoms with Crippen molar-refractivity contribution in [2.24, 2.45) is 0 Å². The van der Waals surface area contributed by atoms with Gasteiger partial charge in [0.1, 0.15) is 6.61 Å². The second-order valence-electron chi connectivity index (χ2n) is 2.50. The van der Waals surface area contributed by atoms with Crippen molar-refractivity contribution in [2.75, 3.05) is 13.7 Å². The first-order valence-electron chi connectivity index (χ1n) is 4.39. The summed E-state index contributed by atoms with van der Waals surface area (Å²) in [5.41, 5.74) is 1.10. The van der Waals surface area contributed by atoms with Gasteiger partial charge in [-0.25, -0.2) is 9.78 Å². The number of benzene rings is 1. The molecule has 0 spiro atoms. The maximum Gasteiger partial charge on any atom is 0.100 e.